The number of hydrogen-bond acceptors (Lipinski definition) is 2. The van der Waals surface area contributed by atoms with Gasteiger partial charge in [0.05, 0.1) is 0 Å². The van der Waals surface area contributed by atoms with Gasteiger partial charge < -0.3 is 5.32 Å². The second-order valence-corrected chi connectivity index (χ2v) is 6.15. The number of carbonyl (C=O) groups is 1. The molecule has 2 nitrogen and oxygen atoms in total. The SMILES string of the molecule is CCCC1(C(=O)C2=Cc3ccccc3C2)CCNCC1. The average molecular weight is 269 g/mol. The van der Waals surface area contributed by atoms with Crippen molar-refractivity contribution in [2.45, 2.75) is 39.0 Å². The highest BCUT2D eigenvalue weighted by Gasteiger charge is 2.40. The molecule has 1 aromatic rings. The van der Waals surface area contributed by atoms with E-state index in [9.17, 15) is 4.79 Å². The van der Waals surface area contributed by atoms with Crippen LogP contribution in [0, 0.1) is 5.41 Å². The van der Waals surface area contributed by atoms with Crippen molar-refractivity contribution in [1.82, 2.24) is 5.32 Å². The number of Topliss-reactive ketones (excluding diaryl/α,β-unsaturated/α-hetero) is 1. The van der Waals surface area contributed by atoms with Crippen molar-refractivity contribution < 1.29 is 4.79 Å². The summed E-state index contributed by atoms with van der Waals surface area (Å²) in [6.07, 6.45) is 7.05. The van der Waals surface area contributed by atoms with E-state index < -0.39 is 0 Å². The molecule has 2 aliphatic rings. The molecule has 0 amide bonds. The lowest BCUT2D eigenvalue weighted by atomic mass is 9.70. The van der Waals surface area contributed by atoms with Crippen LogP contribution in [0.3, 0.4) is 0 Å². The fraction of sp³-hybridized carbons (Fsp3) is 0.500. The molecular weight excluding hydrogens is 246 g/mol. The molecule has 1 aliphatic carbocycles. The lowest BCUT2D eigenvalue weighted by Crippen LogP contribution is -2.42. The summed E-state index contributed by atoms with van der Waals surface area (Å²) >= 11 is 0. The summed E-state index contributed by atoms with van der Waals surface area (Å²) in [6, 6.07) is 8.37. The Balaban J connectivity index is 1.85. The Morgan fingerprint density at radius 3 is 2.70 bits per heavy atom. The maximum atomic E-state index is 13.1. The van der Waals surface area contributed by atoms with Crippen molar-refractivity contribution in [1.29, 1.82) is 0 Å². The molecule has 0 bridgehead atoms. The fourth-order valence-electron chi connectivity index (χ4n) is 3.74. The zero-order valence-electron chi connectivity index (χ0n) is 12.2. The Morgan fingerprint density at radius 1 is 1.25 bits per heavy atom. The van der Waals surface area contributed by atoms with E-state index >= 15 is 0 Å². The second kappa shape index (κ2) is 5.53. The van der Waals surface area contributed by atoms with E-state index in [-0.39, 0.29) is 5.41 Å². The summed E-state index contributed by atoms with van der Waals surface area (Å²) in [5, 5.41) is 3.39. The van der Waals surface area contributed by atoms with Crippen LogP contribution in [0.5, 0.6) is 0 Å². The normalized spacial score (nSPS) is 20.4. The molecule has 1 fully saturated rings. The number of fused-ring (bicyclic) bond motifs is 1. The van der Waals surface area contributed by atoms with Gasteiger partial charge in [-0.3, -0.25) is 4.79 Å². The minimum absolute atomic E-state index is 0.103. The Kier molecular flexibility index (Phi) is 3.75. The maximum Gasteiger partial charge on any atom is 0.165 e. The first-order chi connectivity index (χ1) is 9.75. The largest absolute Gasteiger partial charge is 0.317 e. The van der Waals surface area contributed by atoms with Crippen molar-refractivity contribution >= 4 is 11.9 Å². The molecule has 2 heteroatoms. The Bertz CT molecular complexity index is 533. The van der Waals surface area contributed by atoms with E-state index in [2.05, 4.69) is 42.6 Å². The first kappa shape index (κ1) is 13.6. The molecule has 3 rings (SSSR count). The van der Waals surface area contributed by atoms with Crippen LogP contribution < -0.4 is 5.32 Å². The minimum atomic E-state index is -0.103. The number of carbonyl (C=O) groups excluding carboxylic acids is 1. The van der Waals surface area contributed by atoms with Crippen molar-refractivity contribution in [3.05, 3.63) is 41.0 Å². The van der Waals surface area contributed by atoms with Gasteiger partial charge in [0.15, 0.2) is 5.78 Å². The molecule has 0 spiro atoms. The standard InChI is InChI=1S/C18H23NO/c1-2-7-18(8-10-19-11-9-18)17(20)16-12-14-5-3-4-6-15(14)13-16/h3-6,12,19H,2,7-11,13H2,1H3. The van der Waals surface area contributed by atoms with Gasteiger partial charge in [0, 0.05) is 17.4 Å². The Morgan fingerprint density at radius 2 is 2.00 bits per heavy atom. The van der Waals surface area contributed by atoms with Crippen LogP contribution in [-0.4, -0.2) is 18.9 Å². The van der Waals surface area contributed by atoms with Crippen LogP contribution in [0.25, 0.3) is 6.08 Å². The van der Waals surface area contributed by atoms with E-state index in [1.54, 1.807) is 0 Å². The zero-order valence-corrected chi connectivity index (χ0v) is 12.2. The van der Waals surface area contributed by atoms with Gasteiger partial charge in [0.25, 0.3) is 0 Å². The molecule has 1 saturated heterocycles. The van der Waals surface area contributed by atoms with Crippen LogP contribution in [0.4, 0.5) is 0 Å². The highest BCUT2D eigenvalue weighted by molar-refractivity contribution is 6.05. The van der Waals surface area contributed by atoms with Crippen LogP contribution in [0.1, 0.15) is 43.7 Å². The van der Waals surface area contributed by atoms with Crippen LogP contribution in [0.2, 0.25) is 0 Å². The van der Waals surface area contributed by atoms with Gasteiger partial charge in [-0.2, -0.15) is 0 Å². The second-order valence-electron chi connectivity index (χ2n) is 6.15. The quantitative estimate of drug-likeness (QED) is 0.908. The predicted molar refractivity (Wildman–Crippen MR) is 82.6 cm³/mol. The summed E-state index contributed by atoms with van der Waals surface area (Å²) in [6.45, 7) is 4.15. The van der Waals surface area contributed by atoms with Gasteiger partial charge in [0.2, 0.25) is 0 Å². The summed E-state index contributed by atoms with van der Waals surface area (Å²) in [5.41, 5.74) is 3.46. The number of allylic oxidation sites excluding steroid dienone is 1. The molecule has 1 heterocycles. The van der Waals surface area contributed by atoms with E-state index in [1.165, 1.54) is 11.1 Å². The third-order valence-electron chi connectivity index (χ3n) is 4.83. The molecule has 1 aliphatic heterocycles. The average Bonchev–Trinajstić information content (AvgIpc) is 2.91. The Hall–Kier alpha value is -1.41. The van der Waals surface area contributed by atoms with E-state index in [0.29, 0.717) is 5.78 Å². The maximum absolute atomic E-state index is 13.1. The third-order valence-corrected chi connectivity index (χ3v) is 4.83. The molecule has 0 unspecified atom stereocenters. The molecule has 1 aromatic carbocycles. The molecular formula is C18H23NO. The predicted octanol–water partition coefficient (Wildman–Crippen LogP) is 3.37. The van der Waals surface area contributed by atoms with Crippen LogP contribution in [-0.2, 0) is 11.2 Å². The lowest BCUT2D eigenvalue weighted by Gasteiger charge is -2.36. The van der Waals surface area contributed by atoms with Crippen molar-refractivity contribution in [3.63, 3.8) is 0 Å². The number of nitrogens with one attached hydrogen (secondary N) is 1. The smallest absolute Gasteiger partial charge is 0.165 e. The van der Waals surface area contributed by atoms with Crippen LogP contribution in [0.15, 0.2) is 29.8 Å². The van der Waals surface area contributed by atoms with Gasteiger partial charge >= 0.3 is 0 Å². The molecule has 1 N–H and O–H groups in total. The molecule has 20 heavy (non-hydrogen) atoms. The van der Waals surface area contributed by atoms with Crippen molar-refractivity contribution in [3.8, 4) is 0 Å². The minimum Gasteiger partial charge on any atom is -0.317 e. The van der Waals surface area contributed by atoms with E-state index in [0.717, 1.165) is 50.8 Å². The molecule has 0 aromatic heterocycles. The van der Waals surface area contributed by atoms with Crippen molar-refractivity contribution in [2.24, 2.45) is 5.41 Å². The fourth-order valence-corrected chi connectivity index (χ4v) is 3.74. The monoisotopic (exact) mass is 269 g/mol. The van der Waals surface area contributed by atoms with Gasteiger partial charge in [-0.1, -0.05) is 37.6 Å². The summed E-state index contributed by atoms with van der Waals surface area (Å²) < 4.78 is 0. The zero-order chi connectivity index (χ0) is 14.0. The first-order valence-electron chi connectivity index (χ1n) is 7.79. The first-order valence-corrected chi connectivity index (χ1v) is 7.79. The van der Waals surface area contributed by atoms with Crippen LogP contribution >= 0.6 is 0 Å². The topological polar surface area (TPSA) is 29.1 Å². The van der Waals surface area contributed by atoms with E-state index in [4.69, 9.17) is 0 Å². The van der Waals surface area contributed by atoms with Gasteiger partial charge in [0.1, 0.15) is 0 Å². The van der Waals surface area contributed by atoms with Gasteiger partial charge in [-0.05, 0) is 49.6 Å². The highest BCUT2D eigenvalue weighted by atomic mass is 16.1. The van der Waals surface area contributed by atoms with Gasteiger partial charge in [-0.15, -0.1) is 0 Å². The summed E-state index contributed by atoms with van der Waals surface area (Å²) in [7, 11) is 0. The van der Waals surface area contributed by atoms with Gasteiger partial charge in [-0.25, -0.2) is 0 Å². The summed E-state index contributed by atoms with van der Waals surface area (Å²) in [5.74, 6) is 0.414. The van der Waals surface area contributed by atoms with E-state index in [1.807, 2.05) is 0 Å². The number of piperidine rings is 1. The highest BCUT2D eigenvalue weighted by Crippen LogP contribution is 2.40. The Labute approximate surface area is 121 Å². The molecule has 0 atom stereocenters. The number of rotatable bonds is 4. The summed E-state index contributed by atoms with van der Waals surface area (Å²) in [4.78, 5) is 13.1. The molecule has 0 saturated carbocycles. The lowest BCUT2D eigenvalue weighted by molar-refractivity contribution is -0.126. The number of benzene rings is 1. The van der Waals surface area contributed by atoms with Crippen molar-refractivity contribution in [2.75, 3.05) is 13.1 Å². The number of hydrogen-bond donors (Lipinski definition) is 1. The number of ketones is 1. The molecule has 0 radical (unpaired) electrons. The third kappa shape index (κ3) is 2.33. The molecule has 106 valence electrons.